The van der Waals surface area contributed by atoms with E-state index < -0.39 is 34.7 Å². The minimum absolute atomic E-state index is 0.00137. The summed E-state index contributed by atoms with van der Waals surface area (Å²) >= 11 is 0. The van der Waals surface area contributed by atoms with Crippen LogP contribution < -0.4 is 26.4 Å². The predicted molar refractivity (Wildman–Crippen MR) is 179 cm³/mol. The summed E-state index contributed by atoms with van der Waals surface area (Å²) < 4.78 is 16.0. The molecule has 1 fully saturated rings. The first-order chi connectivity index (χ1) is 23.3. The molecule has 0 unspecified atom stereocenters. The zero-order valence-electron chi connectivity index (χ0n) is 28.1. The lowest BCUT2D eigenvalue weighted by atomic mass is 9.50. The molecule has 4 aromatic rings. The number of hydrogen-bond donors (Lipinski definition) is 1. The zero-order valence-corrected chi connectivity index (χ0v) is 28.1. The van der Waals surface area contributed by atoms with E-state index in [1.54, 1.807) is 58.2 Å². The predicted octanol–water partition coefficient (Wildman–Crippen LogP) is 2.72. The van der Waals surface area contributed by atoms with Crippen LogP contribution in [0.4, 0.5) is 0 Å². The van der Waals surface area contributed by atoms with E-state index in [1.165, 1.54) is 34.2 Å². The van der Waals surface area contributed by atoms with Gasteiger partial charge in [-0.15, -0.1) is 0 Å². The number of aromatic nitrogens is 5. The van der Waals surface area contributed by atoms with Crippen LogP contribution in [0.15, 0.2) is 68.0 Å². The second kappa shape index (κ2) is 11.3. The SMILES string of the molecule is COc1cc2nc(CCn3c(=O)n4n(c3=O)[C@@H]3C[C@H]5C(=O)C=C(C)C(=O)[C@@]5(C)[C@@H](c5cccc(C)c5O)C3=CC4)c(=O)n(C)c2cc1OC. The van der Waals surface area contributed by atoms with Crippen LogP contribution in [0.3, 0.4) is 0 Å². The van der Waals surface area contributed by atoms with E-state index in [-0.39, 0.29) is 54.5 Å². The number of carbonyl (C=O) groups is 2. The monoisotopic (exact) mass is 667 g/mol. The number of methoxy groups -OCH3 is 2. The van der Waals surface area contributed by atoms with Gasteiger partial charge in [-0.1, -0.05) is 31.2 Å². The third-order valence-corrected chi connectivity index (χ3v) is 10.8. The van der Waals surface area contributed by atoms with Gasteiger partial charge in [0.1, 0.15) is 11.4 Å². The summed E-state index contributed by atoms with van der Waals surface area (Å²) in [7, 11) is 4.61. The van der Waals surface area contributed by atoms with Crippen molar-refractivity contribution in [1.82, 2.24) is 23.5 Å². The Bertz CT molecular complexity index is 2360. The lowest BCUT2D eigenvalue weighted by Crippen LogP contribution is -2.54. The number of Topliss-reactive ketones (excluding diaryl/α,β-unsaturated/α-hetero) is 1. The number of allylic oxidation sites excluding steroid dienone is 4. The Hall–Kier alpha value is -5.46. The summed E-state index contributed by atoms with van der Waals surface area (Å²) in [4.78, 5) is 73.4. The van der Waals surface area contributed by atoms with Gasteiger partial charge in [0.15, 0.2) is 23.1 Å². The highest BCUT2D eigenvalue weighted by molar-refractivity contribution is 6.13. The van der Waals surface area contributed by atoms with Crippen LogP contribution in [0.2, 0.25) is 0 Å². The number of aromatic hydroxyl groups is 1. The Morgan fingerprint density at radius 1 is 1.02 bits per heavy atom. The van der Waals surface area contributed by atoms with Gasteiger partial charge in [-0.3, -0.25) is 14.4 Å². The third kappa shape index (κ3) is 4.51. The molecule has 1 aliphatic heterocycles. The molecule has 4 atom stereocenters. The number of para-hydroxylation sites is 1. The quantitative estimate of drug-likeness (QED) is 0.306. The molecule has 1 saturated carbocycles. The number of carbonyl (C=O) groups excluding carboxylic acids is 2. The van der Waals surface area contributed by atoms with Gasteiger partial charge in [0.2, 0.25) is 0 Å². The number of ether oxygens (including phenoxy) is 2. The molecule has 49 heavy (non-hydrogen) atoms. The zero-order chi connectivity index (χ0) is 35.1. The molecular weight excluding hydrogens is 630 g/mol. The van der Waals surface area contributed by atoms with Gasteiger partial charge in [0.25, 0.3) is 5.56 Å². The molecule has 2 aromatic heterocycles. The molecule has 3 aliphatic rings. The summed E-state index contributed by atoms with van der Waals surface area (Å²) in [5.74, 6) is -1.03. The van der Waals surface area contributed by atoms with Gasteiger partial charge < -0.3 is 19.1 Å². The fourth-order valence-electron chi connectivity index (χ4n) is 8.24. The number of ketones is 2. The Balaban J connectivity index is 1.31. The van der Waals surface area contributed by atoms with Gasteiger partial charge in [-0.25, -0.2) is 28.5 Å². The number of fused-ring (bicyclic) bond motifs is 5. The second-order valence-electron chi connectivity index (χ2n) is 13.3. The van der Waals surface area contributed by atoms with Crippen molar-refractivity contribution >= 4 is 22.6 Å². The molecule has 13 nitrogen and oxygen atoms in total. The summed E-state index contributed by atoms with van der Waals surface area (Å²) in [6.07, 6.45) is 3.33. The van der Waals surface area contributed by atoms with Crippen molar-refractivity contribution in [3.05, 3.63) is 102 Å². The molecule has 13 heteroatoms. The van der Waals surface area contributed by atoms with Crippen molar-refractivity contribution in [2.24, 2.45) is 18.4 Å². The van der Waals surface area contributed by atoms with Crippen molar-refractivity contribution in [2.75, 3.05) is 14.2 Å². The molecule has 7 rings (SSSR count). The molecule has 0 saturated heterocycles. The molecule has 1 N–H and O–H groups in total. The Morgan fingerprint density at radius 3 is 2.45 bits per heavy atom. The van der Waals surface area contributed by atoms with Crippen molar-refractivity contribution in [2.45, 2.75) is 58.7 Å². The van der Waals surface area contributed by atoms with Gasteiger partial charge in [0.05, 0.1) is 43.3 Å². The molecule has 3 heterocycles. The summed E-state index contributed by atoms with van der Waals surface area (Å²) in [5.41, 5.74) is 0.584. The molecule has 2 aromatic carbocycles. The number of aryl methyl sites for hydroxylation is 3. The number of phenolic OH excluding ortho intramolecular Hbond substituents is 1. The van der Waals surface area contributed by atoms with Gasteiger partial charge in [0, 0.05) is 49.5 Å². The highest BCUT2D eigenvalue weighted by Gasteiger charge is 2.60. The maximum Gasteiger partial charge on any atom is 0.347 e. The maximum absolute atomic E-state index is 14.2. The average molecular weight is 668 g/mol. The molecule has 0 amide bonds. The number of nitrogens with zero attached hydrogens (tertiary/aromatic N) is 5. The number of hydrogen-bond acceptors (Lipinski definition) is 9. The van der Waals surface area contributed by atoms with Crippen LogP contribution >= 0.6 is 0 Å². The first-order valence-corrected chi connectivity index (χ1v) is 16.1. The van der Waals surface area contributed by atoms with E-state index >= 15 is 0 Å². The second-order valence-corrected chi connectivity index (χ2v) is 13.3. The Kier molecular flexibility index (Phi) is 7.41. The molecule has 0 bridgehead atoms. The fraction of sp³-hybridized carbons (Fsp3) is 0.389. The Morgan fingerprint density at radius 2 is 1.73 bits per heavy atom. The normalized spacial score (nSPS) is 23.0. The molecule has 0 radical (unpaired) electrons. The Labute approximate surface area is 280 Å². The van der Waals surface area contributed by atoms with Crippen LogP contribution in [0.5, 0.6) is 17.2 Å². The average Bonchev–Trinajstić information content (AvgIpc) is 3.33. The lowest BCUT2D eigenvalue weighted by Gasteiger charge is -2.52. The topological polar surface area (TPSA) is 157 Å². The van der Waals surface area contributed by atoms with Gasteiger partial charge >= 0.3 is 11.4 Å². The van der Waals surface area contributed by atoms with E-state index in [2.05, 4.69) is 4.98 Å². The molecular formula is C36H37N5O8. The largest absolute Gasteiger partial charge is 0.507 e. The van der Waals surface area contributed by atoms with Crippen molar-refractivity contribution < 1.29 is 24.2 Å². The van der Waals surface area contributed by atoms with E-state index in [1.807, 2.05) is 6.08 Å². The highest BCUT2D eigenvalue weighted by atomic mass is 16.5. The lowest BCUT2D eigenvalue weighted by molar-refractivity contribution is -0.139. The van der Waals surface area contributed by atoms with Gasteiger partial charge in [-0.2, -0.15) is 0 Å². The van der Waals surface area contributed by atoms with Crippen LogP contribution in [0, 0.1) is 18.3 Å². The van der Waals surface area contributed by atoms with Crippen molar-refractivity contribution in [1.29, 1.82) is 0 Å². The third-order valence-electron chi connectivity index (χ3n) is 10.8. The number of phenols is 1. The standard InChI is InChI=1S/C36H37N5O8/c1-18-8-7-9-21(31(18)43)30-20-10-13-40-34(46)39(35(47)41(40)25(20)15-22-27(42)14-19(2)32(44)36(22,30)3)12-11-23-33(45)38(4)26-17-29(49-6)28(48-5)16-24(26)37-23/h7-10,14,16-17,22,25,30,43H,11-13,15H2,1-6H3/t22-,25+,30+,36+/m0/s1. The summed E-state index contributed by atoms with van der Waals surface area (Å²) in [6, 6.07) is 7.91. The minimum Gasteiger partial charge on any atom is -0.507 e. The van der Waals surface area contributed by atoms with Crippen molar-refractivity contribution in [3.63, 3.8) is 0 Å². The van der Waals surface area contributed by atoms with Crippen LogP contribution in [-0.2, 0) is 36.1 Å². The fourth-order valence-corrected chi connectivity index (χ4v) is 8.24. The van der Waals surface area contributed by atoms with E-state index in [0.29, 0.717) is 44.8 Å². The number of benzene rings is 2. The van der Waals surface area contributed by atoms with Crippen LogP contribution in [0.1, 0.15) is 49.0 Å². The summed E-state index contributed by atoms with van der Waals surface area (Å²) in [6.45, 7) is 5.10. The van der Waals surface area contributed by atoms with Gasteiger partial charge in [-0.05, 0) is 43.1 Å². The van der Waals surface area contributed by atoms with E-state index in [9.17, 15) is 29.1 Å². The molecule has 2 aliphatic carbocycles. The molecule has 0 spiro atoms. The smallest absolute Gasteiger partial charge is 0.347 e. The summed E-state index contributed by atoms with van der Waals surface area (Å²) in [5, 5.41) is 11.3. The number of rotatable bonds is 6. The highest BCUT2D eigenvalue weighted by Crippen LogP contribution is 2.60. The first kappa shape index (κ1) is 32.1. The first-order valence-electron chi connectivity index (χ1n) is 16.1. The van der Waals surface area contributed by atoms with Crippen LogP contribution in [-0.4, -0.2) is 54.4 Å². The maximum atomic E-state index is 14.2. The van der Waals surface area contributed by atoms with Crippen LogP contribution in [0.25, 0.3) is 11.0 Å². The minimum atomic E-state index is -1.22. The van der Waals surface area contributed by atoms with E-state index in [0.717, 1.165) is 4.57 Å². The van der Waals surface area contributed by atoms with Crippen molar-refractivity contribution in [3.8, 4) is 17.2 Å². The molecule has 254 valence electrons. The van der Waals surface area contributed by atoms with E-state index in [4.69, 9.17) is 9.47 Å².